The summed E-state index contributed by atoms with van der Waals surface area (Å²) in [4.78, 5) is 25.7. The zero-order valence-electron chi connectivity index (χ0n) is 6.70. The maximum Gasteiger partial charge on any atom is 0.341 e. The Kier molecular flexibility index (Phi) is 2.31. The Hall–Kier alpha value is -0.890. The lowest BCUT2D eigenvalue weighted by Gasteiger charge is -1.92. The van der Waals surface area contributed by atoms with Crippen molar-refractivity contribution in [1.29, 1.82) is 0 Å². The van der Waals surface area contributed by atoms with Crippen LogP contribution in [0.1, 0.15) is 10.4 Å². The average Bonchev–Trinajstić information content (AvgIpc) is 2.46. The summed E-state index contributed by atoms with van der Waals surface area (Å²) in [6.45, 7) is 0. The second-order valence-electron chi connectivity index (χ2n) is 2.63. The fourth-order valence-electron chi connectivity index (χ4n) is 1.14. The number of aromatic nitrogens is 1. The number of hydrogen-bond donors (Lipinski definition) is 2. The molecule has 72 valence electrons. The van der Waals surface area contributed by atoms with E-state index in [0.29, 0.717) is 10.2 Å². The zero-order valence-corrected chi connectivity index (χ0v) is 9.68. The number of halogens is 1. The molecule has 2 rings (SSSR count). The summed E-state index contributed by atoms with van der Waals surface area (Å²) in [6.07, 6.45) is 1.24. The SMILES string of the molecule is O=C(O)c1c[nH]c2sc(I)cc2c1=O. The fraction of sp³-hybridized carbons (Fsp3) is 0. The number of rotatable bonds is 1. The maximum absolute atomic E-state index is 11.6. The summed E-state index contributed by atoms with van der Waals surface area (Å²) in [5.74, 6) is -1.20. The van der Waals surface area contributed by atoms with Gasteiger partial charge in [0.25, 0.3) is 0 Å². The summed E-state index contributed by atoms with van der Waals surface area (Å²) in [7, 11) is 0. The Morgan fingerprint density at radius 2 is 2.29 bits per heavy atom. The predicted octanol–water partition coefficient (Wildman–Crippen LogP) is 1.89. The van der Waals surface area contributed by atoms with E-state index in [1.807, 2.05) is 0 Å². The standard InChI is InChI=1S/C8H4INO3S/c9-5-1-3-6(11)4(8(12)13)2-10-7(3)14-5/h1-2H,(H,10,11)(H,12,13). The van der Waals surface area contributed by atoms with Gasteiger partial charge < -0.3 is 10.1 Å². The van der Waals surface area contributed by atoms with Crippen molar-refractivity contribution < 1.29 is 9.90 Å². The first-order valence-electron chi connectivity index (χ1n) is 3.63. The van der Waals surface area contributed by atoms with E-state index in [0.717, 1.165) is 2.88 Å². The zero-order chi connectivity index (χ0) is 10.3. The first kappa shape index (κ1) is 9.66. The molecule has 2 aromatic heterocycles. The van der Waals surface area contributed by atoms with E-state index in [2.05, 4.69) is 27.6 Å². The topological polar surface area (TPSA) is 70.2 Å². The van der Waals surface area contributed by atoms with Gasteiger partial charge in [-0.15, -0.1) is 11.3 Å². The van der Waals surface area contributed by atoms with Crippen LogP contribution in [0.5, 0.6) is 0 Å². The van der Waals surface area contributed by atoms with Crippen LogP contribution in [0.3, 0.4) is 0 Å². The number of carbonyl (C=O) groups is 1. The molecule has 0 aliphatic heterocycles. The van der Waals surface area contributed by atoms with Crippen LogP contribution >= 0.6 is 33.9 Å². The van der Waals surface area contributed by atoms with E-state index in [-0.39, 0.29) is 5.56 Å². The van der Waals surface area contributed by atoms with E-state index >= 15 is 0 Å². The van der Waals surface area contributed by atoms with Crippen LogP contribution in [-0.4, -0.2) is 16.1 Å². The number of aromatic amines is 1. The molecule has 2 aromatic rings. The highest BCUT2D eigenvalue weighted by Gasteiger charge is 2.12. The monoisotopic (exact) mass is 321 g/mol. The molecular weight excluding hydrogens is 317 g/mol. The van der Waals surface area contributed by atoms with Gasteiger partial charge in [0.15, 0.2) is 0 Å². The molecule has 2 heterocycles. The molecule has 0 aliphatic carbocycles. The van der Waals surface area contributed by atoms with Crippen LogP contribution in [0.25, 0.3) is 10.2 Å². The molecule has 2 N–H and O–H groups in total. The van der Waals surface area contributed by atoms with Gasteiger partial charge in [0, 0.05) is 6.20 Å². The molecular formula is C8H4INO3S. The molecule has 0 saturated carbocycles. The Labute approximate surface area is 95.7 Å². The second kappa shape index (κ2) is 3.35. The van der Waals surface area contributed by atoms with Crippen molar-refractivity contribution in [2.45, 2.75) is 0 Å². The number of aromatic carboxylic acids is 1. The summed E-state index contributed by atoms with van der Waals surface area (Å²) >= 11 is 3.52. The van der Waals surface area contributed by atoms with Crippen LogP contribution < -0.4 is 5.43 Å². The molecule has 0 spiro atoms. The third kappa shape index (κ3) is 1.44. The van der Waals surface area contributed by atoms with Gasteiger partial charge in [-0.25, -0.2) is 4.79 Å². The van der Waals surface area contributed by atoms with Gasteiger partial charge >= 0.3 is 5.97 Å². The van der Waals surface area contributed by atoms with Gasteiger partial charge in [-0.3, -0.25) is 4.79 Å². The first-order valence-corrected chi connectivity index (χ1v) is 5.53. The summed E-state index contributed by atoms with van der Waals surface area (Å²) in [5.41, 5.74) is -0.642. The normalized spacial score (nSPS) is 10.6. The van der Waals surface area contributed by atoms with Crippen molar-refractivity contribution in [2.24, 2.45) is 0 Å². The van der Waals surface area contributed by atoms with Crippen molar-refractivity contribution in [3.05, 3.63) is 30.9 Å². The van der Waals surface area contributed by atoms with E-state index in [9.17, 15) is 9.59 Å². The molecule has 0 aromatic carbocycles. The van der Waals surface area contributed by atoms with Crippen molar-refractivity contribution in [3.8, 4) is 0 Å². The Morgan fingerprint density at radius 1 is 1.57 bits per heavy atom. The van der Waals surface area contributed by atoms with Crippen molar-refractivity contribution >= 4 is 50.1 Å². The quantitative estimate of drug-likeness (QED) is 0.788. The van der Waals surface area contributed by atoms with Crippen molar-refractivity contribution in [3.63, 3.8) is 0 Å². The summed E-state index contributed by atoms with van der Waals surface area (Å²) < 4.78 is 0.952. The van der Waals surface area contributed by atoms with Crippen LogP contribution in [0, 0.1) is 2.88 Å². The van der Waals surface area contributed by atoms with Gasteiger partial charge in [0.1, 0.15) is 10.4 Å². The van der Waals surface area contributed by atoms with E-state index in [1.54, 1.807) is 6.07 Å². The number of pyridine rings is 1. The Balaban J connectivity index is 2.88. The van der Waals surface area contributed by atoms with Crippen LogP contribution in [-0.2, 0) is 0 Å². The van der Waals surface area contributed by atoms with Gasteiger partial charge in [0.2, 0.25) is 5.43 Å². The minimum Gasteiger partial charge on any atom is -0.477 e. The molecule has 14 heavy (non-hydrogen) atoms. The molecule has 0 fully saturated rings. The lowest BCUT2D eigenvalue weighted by atomic mass is 10.2. The van der Waals surface area contributed by atoms with Crippen molar-refractivity contribution in [2.75, 3.05) is 0 Å². The third-order valence-corrected chi connectivity index (χ3v) is 3.60. The molecule has 0 bridgehead atoms. The number of thiophene rings is 1. The van der Waals surface area contributed by atoms with Crippen molar-refractivity contribution in [1.82, 2.24) is 4.98 Å². The largest absolute Gasteiger partial charge is 0.477 e. The third-order valence-electron chi connectivity index (χ3n) is 1.77. The first-order chi connectivity index (χ1) is 6.59. The number of carboxylic acid groups (broad SMARTS) is 1. The summed E-state index contributed by atoms with van der Waals surface area (Å²) in [6, 6.07) is 1.69. The number of carboxylic acids is 1. The Morgan fingerprint density at radius 3 is 2.93 bits per heavy atom. The van der Waals surface area contributed by atoms with Crippen LogP contribution in [0.2, 0.25) is 0 Å². The van der Waals surface area contributed by atoms with Gasteiger partial charge in [0.05, 0.1) is 8.27 Å². The van der Waals surface area contributed by atoms with E-state index in [1.165, 1.54) is 17.5 Å². The Bertz CT molecular complexity index is 571. The number of fused-ring (bicyclic) bond motifs is 1. The molecule has 6 heteroatoms. The predicted molar refractivity (Wildman–Crippen MR) is 62.1 cm³/mol. The number of hydrogen-bond acceptors (Lipinski definition) is 3. The molecule has 0 radical (unpaired) electrons. The van der Waals surface area contributed by atoms with E-state index in [4.69, 9.17) is 5.11 Å². The highest BCUT2D eigenvalue weighted by atomic mass is 127. The van der Waals surface area contributed by atoms with Gasteiger partial charge in [-0.1, -0.05) is 0 Å². The molecule has 4 nitrogen and oxygen atoms in total. The lowest BCUT2D eigenvalue weighted by Crippen LogP contribution is -2.14. The minimum atomic E-state index is -1.20. The minimum absolute atomic E-state index is 0.216. The highest BCUT2D eigenvalue weighted by molar-refractivity contribution is 14.1. The average molecular weight is 321 g/mol. The molecule has 0 saturated heterocycles. The number of nitrogens with one attached hydrogen (secondary N) is 1. The van der Waals surface area contributed by atoms with Gasteiger partial charge in [-0.05, 0) is 28.7 Å². The number of H-pyrrole nitrogens is 1. The second-order valence-corrected chi connectivity index (χ2v) is 5.58. The summed E-state index contributed by atoms with van der Waals surface area (Å²) in [5, 5.41) is 9.16. The van der Waals surface area contributed by atoms with Crippen LogP contribution in [0.15, 0.2) is 17.1 Å². The van der Waals surface area contributed by atoms with Crippen LogP contribution in [0.4, 0.5) is 0 Å². The fourth-order valence-corrected chi connectivity index (χ4v) is 2.87. The molecule has 0 atom stereocenters. The van der Waals surface area contributed by atoms with E-state index < -0.39 is 11.4 Å². The van der Waals surface area contributed by atoms with Gasteiger partial charge in [-0.2, -0.15) is 0 Å². The smallest absolute Gasteiger partial charge is 0.341 e. The molecule has 0 unspecified atom stereocenters. The highest BCUT2D eigenvalue weighted by Crippen LogP contribution is 2.22. The maximum atomic E-state index is 11.6. The molecule has 0 amide bonds. The molecule has 0 aliphatic rings. The lowest BCUT2D eigenvalue weighted by molar-refractivity contribution is 0.0695.